The Morgan fingerprint density at radius 2 is 2.06 bits per heavy atom. The normalized spacial score (nSPS) is 10.3. The van der Waals surface area contributed by atoms with Gasteiger partial charge in [0.15, 0.2) is 5.78 Å². The minimum Gasteiger partial charge on any atom is -0.294 e. The Labute approximate surface area is 102 Å². The van der Waals surface area contributed by atoms with Gasteiger partial charge in [0.25, 0.3) is 0 Å². The van der Waals surface area contributed by atoms with Crippen LogP contribution in [0, 0.1) is 0 Å². The molecule has 2 rings (SSSR count). The van der Waals surface area contributed by atoms with E-state index >= 15 is 0 Å². The van der Waals surface area contributed by atoms with Gasteiger partial charge in [0.2, 0.25) is 0 Å². The second-order valence-corrected chi connectivity index (χ2v) is 4.38. The summed E-state index contributed by atoms with van der Waals surface area (Å²) in [7, 11) is 0. The maximum atomic E-state index is 11.8. The van der Waals surface area contributed by atoms with Crippen molar-refractivity contribution >= 4 is 21.7 Å². The number of hydrogen-bond acceptors (Lipinski definition) is 2. The number of ketones is 1. The molecule has 0 saturated carbocycles. The molecule has 0 aliphatic carbocycles. The van der Waals surface area contributed by atoms with E-state index in [1.165, 1.54) is 0 Å². The van der Waals surface area contributed by atoms with E-state index in [-0.39, 0.29) is 5.78 Å². The van der Waals surface area contributed by atoms with E-state index in [2.05, 4.69) is 21.0 Å². The Kier molecular flexibility index (Phi) is 3.51. The van der Waals surface area contributed by atoms with E-state index in [0.717, 1.165) is 10.0 Å². The summed E-state index contributed by atoms with van der Waals surface area (Å²) in [6.07, 6.45) is 4.05. The highest BCUT2D eigenvalue weighted by atomic mass is 79.9. The maximum absolute atomic E-state index is 11.8. The van der Waals surface area contributed by atoms with E-state index in [9.17, 15) is 4.79 Å². The number of aromatic nitrogens is 2. The second-order valence-electron chi connectivity index (χ2n) is 3.46. The van der Waals surface area contributed by atoms with Crippen molar-refractivity contribution < 1.29 is 4.79 Å². The molecule has 1 heterocycles. The molecule has 0 radical (unpaired) electrons. The highest BCUT2D eigenvalue weighted by molar-refractivity contribution is 9.10. The molecule has 0 unspecified atom stereocenters. The van der Waals surface area contributed by atoms with Crippen LogP contribution in [-0.4, -0.2) is 15.6 Å². The first kappa shape index (κ1) is 11.1. The largest absolute Gasteiger partial charge is 0.294 e. The van der Waals surface area contributed by atoms with Gasteiger partial charge >= 0.3 is 0 Å². The van der Waals surface area contributed by atoms with Crippen LogP contribution in [0.3, 0.4) is 0 Å². The lowest BCUT2D eigenvalue weighted by Crippen LogP contribution is -2.06. The van der Waals surface area contributed by atoms with Gasteiger partial charge < -0.3 is 0 Å². The highest BCUT2D eigenvalue weighted by Crippen LogP contribution is 2.08. The van der Waals surface area contributed by atoms with Crippen molar-refractivity contribution in [2.45, 2.75) is 13.0 Å². The number of Topliss-reactive ketones (excluding diaryl/α,β-unsaturated/α-hetero) is 1. The van der Waals surface area contributed by atoms with Crippen molar-refractivity contribution in [3.05, 3.63) is 52.8 Å². The van der Waals surface area contributed by atoms with Gasteiger partial charge in [-0.25, -0.2) is 0 Å². The number of hydrogen-bond donors (Lipinski definition) is 0. The van der Waals surface area contributed by atoms with Crippen LogP contribution in [0.25, 0.3) is 0 Å². The van der Waals surface area contributed by atoms with Crippen molar-refractivity contribution in [1.29, 1.82) is 0 Å². The minimum atomic E-state index is 0.146. The number of halogens is 1. The molecule has 0 N–H and O–H groups in total. The minimum absolute atomic E-state index is 0.146. The number of nitrogens with zero attached hydrogens (tertiary/aromatic N) is 2. The molecule has 0 atom stereocenters. The third-order valence-corrected chi connectivity index (χ3v) is 2.67. The van der Waals surface area contributed by atoms with Gasteiger partial charge in [-0.3, -0.25) is 9.48 Å². The van der Waals surface area contributed by atoms with E-state index in [1.807, 2.05) is 36.5 Å². The van der Waals surface area contributed by atoms with Crippen LogP contribution in [0.2, 0.25) is 0 Å². The average molecular weight is 279 g/mol. The van der Waals surface area contributed by atoms with Crippen LogP contribution < -0.4 is 0 Å². The van der Waals surface area contributed by atoms with Crippen molar-refractivity contribution in [3.8, 4) is 0 Å². The number of rotatable bonds is 4. The quantitative estimate of drug-likeness (QED) is 0.806. The second kappa shape index (κ2) is 5.07. The Morgan fingerprint density at radius 1 is 1.31 bits per heavy atom. The molecule has 0 saturated heterocycles. The molecule has 0 aliphatic heterocycles. The Balaban J connectivity index is 1.94. The Hall–Kier alpha value is -1.42. The van der Waals surface area contributed by atoms with Crippen LogP contribution in [0.15, 0.2) is 47.2 Å². The fraction of sp³-hybridized carbons (Fsp3) is 0.167. The topological polar surface area (TPSA) is 34.9 Å². The van der Waals surface area contributed by atoms with Crippen LogP contribution in [0.4, 0.5) is 0 Å². The van der Waals surface area contributed by atoms with Crippen LogP contribution >= 0.6 is 15.9 Å². The lowest BCUT2D eigenvalue weighted by Gasteiger charge is -2.01. The molecule has 16 heavy (non-hydrogen) atoms. The Bertz CT molecular complexity index is 479. The van der Waals surface area contributed by atoms with Crippen LogP contribution in [0.1, 0.15) is 16.8 Å². The van der Waals surface area contributed by atoms with E-state index in [0.29, 0.717) is 13.0 Å². The third kappa shape index (κ3) is 2.79. The molecule has 2 aromatic rings. The van der Waals surface area contributed by atoms with E-state index < -0.39 is 0 Å². The molecular formula is C12H11BrN2O. The van der Waals surface area contributed by atoms with Gasteiger partial charge in [-0.1, -0.05) is 30.3 Å². The molecule has 4 heteroatoms. The third-order valence-electron chi connectivity index (χ3n) is 2.27. The van der Waals surface area contributed by atoms with Gasteiger partial charge in [0.1, 0.15) is 0 Å². The molecule has 0 spiro atoms. The molecular weight excluding hydrogens is 268 g/mol. The first-order valence-corrected chi connectivity index (χ1v) is 5.81. The SMILES string of the molecule is O=C(CCn1cc(Br)cn1)c1ccccc1. The summed E-state index contributed by atoms with van der Waals surface area (Å²) in [5, 5.41) is 4.10. The molecule has 3 nitrogen and oxygen atoms in total. The molecule has 0 aliphatic rings. The summed E-state index contributed by atoms with van der Waals surface area (Å²) < 4.78 is 2.69. The number of benzene rings is 1. The van der Waals surface area contributed by atoms with E-state index in [1.54, 1.807) is 10.9 Å². The summed E-state index contributed by atoms with van der Waals surface area (Å²) >= 11 is 3.32. The maximum Gasteiger partial charge on any atom is 0.164 e. The molecule has 1 aromatic heterocycles. The predicted octanol–water partition coefficient (Wildman–Crippen LogP) is 2.92. The molecule has 0 amide bonds. The van der Waals surface area contributed by atoms with Crippen molar-refractivity contribution in [3.63, 3.8) is 0 Å². The van der Waals surface area contributed by atoms with Gasteiger partial charge in [0, 0.05) is 24.7 Å². The fourth-order valence-electron chi connectivity index (χ4n) is 1.45. The van der Waals surface area contributed by atoms with Gasteiger partial charge in [-0.05, 0) is 15.9 Å². The zero-order valence-corrected chi connectivity index (χ0v) is 10.2. The molecule has 1 aromatic carbocycles. The van der Waals surface area contributed by atoms with Crippen molar-refractivity contribution in [2.75, 3.05) is 0 Å². The zero-order valence-electron chi connectivity index (χ0n) is 8.64. The average Bonchev–Trinajstić information content (AvgIpc) is 2.73. The number of aryl methyl sites for hydroxylation is 1. The molecule has 82 valence electrons. The van der Waals surface area contributed by atoms with Crippen LogP contribution in [-0.2, 0) is 6.54 Å². The van der Waals surface area contributed by atoms with Crippen LogP contribution in [0.5, 0.6) is 0 Å². The summed E-state index contributed by atoms with van der Waals surface area (Å²) in [6.45, 7) is 0.610. The smallest absolute Gasteiger partial charge is 0.164 e. The van der Waals surface area contributed by atoms with Gasteiger partial charge in [-0.15, -0.1) is 0 Å². The van der Waals surface area contributed by atoms with E-state index in [4.69, 9.17) is 0 Å². The Morgan fingerprint density at radius 3 is 2.69 bits per heavy atom. The predicted molar refractivity (Wildman–Crippen MR) is 65.3 cm³/mol. The fourth-order valence-corrected chi connectivity index (χ4v) is 1.77. The monoisotopic (exact) mass is 278 g/mol. The summed E-state index contributed by atoms with van der Waals surface area (Å²) in [5.41, 5.74) is 0.758. The first-order chi connectivity index (χ1) is 7.75. The van der Waals surface area contributed by atoms with Crippen molar-refractivity contribution in [2.24, 2.45) is 0 Å². The summed E-state index contributed by atoms with van der Waals surface area (Å²) in [4.78, 5) is 11.8. The standard InChI is InChI=1S/C12H11BrN2O/c13-11-8-14-15(9-11)7-6-12(16)10-4-2-1-3-5-10/h1-5,8-9H,6-7H2. The first-order valence-electron chi connectivity index (χ1n) is 5.02. The van der Waals surface area contributed by atoms with Crippen molar-refractivity contribution in [1.82, 2.24) is 9.78 Å². The highest BCUT2D eigenvalue weighted by Gasteiger charge is 2.05. The van der Waals surface area contributed by atoms with Gasteiger partial charge in [-0.2, -0.15) is 5.10 Å². The lowest BCUT2D eigenvalue weighted by atomic mass is 10.1. The number of carbonyl (C=O) groups is 1. The summed E-state index contributed by atoms with van der Waals surface area (Å²) in [5.74, 6) is 0.146. The molecule has 0 fully saturated rings. The lowest BCUT2D eigenvalue weighted by molar-refractivity contribution is 0.0975. The number of carbonyl (C=O) groups excluding carboxylic acids is 1. The summed E-state index contributed by atoms with van der Waals surface area (Å²) in [6, 6.07) is 9.32. The zero-order chi connectivity index (χ0) is 11.4. The van der Waals surface area contributed by atoms with Gasteiger partial charge in [0.05, 0.1) is 10.7 Å². The molecule has 0 bridgehead atoms.